The zero-order chi connectivity index (χ0) is 18.4. The molecular weight excluding hydrogens is 330 g/mol. The molecular formula is C20H23N3O3. The predicted octanol–water partition coefficient (Wildman–Crippen LogP) is 3.12. The largest absolute Gasteiger partial charge is 0.497 e. The van der Waals surface area contributed by atoms with Gasteiger partial charge in [0.1, 0.15) is 5.75 Å². The maximum absolute atomic E-state index is 12.6. The third-order valence-corrected chi connectivity index (χ3v) is 4.47. The van der Waals surface area contributed by atoms with Crippen molar-refractivity contribution in [3.8, 4) is 5.75 Å². The Bertz CT molecular complexity index is 756. The molecule has 136 valence electrons. The van der Waals surface area contributed by atoms with Gasteiger partial charge in [0.05, 0.1) is 7.11 Å². The van der Waals surface area contributed by atoms with Crippen LogP contribution in [0.15, 0.2) is 54.6 Å². The molecule has 1 aliphatic heterocycles. The maximum atomic E-state index is 12.6. The monoisotopic (exact) mass is 353 g/mol. The van der Waals surface area contributed by atoms with Gasteiger partial charge < -0.3 is 20.3 Å². The van der Waals surface area contributed by atoms with Gasteiger partial charge in [-0.1, -0.05) is 24.3 Å². The van der Waals surface area contributed by atoms with Crippen molar-refractivity contribution in [3.05, 3.63) is 60.2 Å². The number of carbonyl (C=O) groups is 2. The van der Waals surface area contributed by atoms with Crippen LogP contribution in [0.4, 0.5) is 10.5 Å². The van der Waals surface area contributed by atoms with Crippen LogP contribution in [0.25, 0.3) is 0 Å². The van der Waals surface area contributed by atoms with E-state index in [0.717, 1.165) is 18.5 Å². The van der Waals surface area contributed by atoms with E-state index in [1.165, 1.54) is 0 Å². The highest BCUT2D eigenvalue weighted by molar-refractivity contribution is 5.94. The second-order valence-corrected chi connectivity index (χ2v) is 6.26. The average molecular weight is 353 g/mol. The number of hydrogen-bond donors (Lipinski definition) is 2. The van der Waals surface area contributed by atoms with Gasteiger partial charge in [0.15, 0.2) is 0 Å². The standard InChI is InChI=1S/C20H23N3O3/c1-26-18-9-5-6-15(14-18)19(24)23-12-10-17(11-13-23)22-20(25)21-16-7-3-2-4-8-16/h2-9,14,17H,10-13H2,1H3,(H2,21,22,25). The molecule has 1 aliphatic rings. The van der Waals surface area contributed by atoms with E-state index in [0.29, 0.717) is 24.4 Å². The molecule has 0 atom stereocenters. The Labute approximate surface area is 153 Å². The van der Waals surface area contributed by atoms with E-state index < -0.39 is 0 Å². The first kappa shape index (κ1) is 17.8. The van der Waals surface area contributed by atoms with Gasteiger partial charge in [-0.3, -0.25) is 4.79 Å². The van der Waals surface area contributed by atoms with Crippen molar-refractivity contribution in [2.24, 2.45) is 0 Å². The quantitative estimate of drug-likeness (QED) is 0.887. The molecule has 0 radical (unpaired) electrons. The Morgan fingerprint density at radius 1 is 1.04 bits per heavy atom. The Morgan fingerprint density at radius 3 is 2.46 bits per heavy atom. The summed E-state index contributed by atoms with van der Waals surface area (Å²) in [4.78, 5) is 26.5. The number of rotatable bonds is 4. The van der Waals surface area contributed by atoms with Crippen molar-refractivity contribution < 1.29 is 14.3 Å². The minimum absolute atomic E-state index is 0.00362. The van der Waals surface area contributed by atoms with E-state index in [9.17, 15) is 9.59 Å². The lowest BCUT2D eigenvalue weighted by molar-refractivity contribution is 0.0708. The number of carbonyl (C=O) groups excluding carboxylic acids is 2. The second-order valence-electron chi connectivity index (χ2n) is 6.26. The minimum Gasteiger partial charge on any atom is -0.497 e. The molecule has 0 saturated carbocycles. The fourth-order valence-electron chi connectivity index (χ4n) is 3.04. The van der Waals surface area contributed by atoms with Crippen molar-refractivity contribution in [2.45, 2.75) is 18.9 Å². The summed E-state index contributed by atoms with van der Waals surface area (Å²) in [7, 11) is 1.58. The van der Waals surface area contributed by atoms with E-state index in [1.54, 1.807) is 19.2 Å². The molecule has 6 nitrogen and oxygen atoms in total. The van der Waals surface area contributed by atoms with Crippen LogP contribution in [0.1, 0.15) is 23.2 Å². The van der Waals surface area contributed by atoms with Crippen LogP contribution in [-0.4, -0.2) is 43.1 Å². The average Bonchev–Trinajstić information content (AvgIpc) is 2.69. The molecule has 0 spiro atoms. The topological polar surface area (TPSA) is 70.7 Å². The molecule has 3 amide bonds. The Kier molecular flexibility index (Phi) is 5.73. The fraction of sp³-hybridized carbons (Fsp3) is 0.300. The van der Waals surface area contributed by atoms with Crippen molar-refractivity contribution in [2.75, 3.05) is 25.5 Å². The minimum atomic E-state index is -0.214. The SMILES string of the molecule is COc1cccc(C(=O)N2CCC(NC(=O)Nc3ccccc3)CC2)c1. The van der Waals surface area contributed by atoms with Gasteiger partial charge in [0.25, 0.3) is 5.91 Å². The highest BCUT2D eigenvalue weighted by Gasteiger charge is 2.24. The summed E-state index contributed by atoms with van der Waals surface area (Å²) in [5.74, 6) is 0.668. The summed E-state index contributed by atoms with van der Waals surface area (Å²) in [6.45, 7) is 1.23. The summed E-state index contributed by atoms with van der Waals surface area (Å²) in [6, 6.07) is 16.4. The molecule has 0 unspecified atom stereocenters. The van der Waals surface area contributed by atoms with E-state index in [2.05, 4.69) is 10.6 Å². The first-order chi connectivity index (χ1) is 12.7. The predicted molar refractivity (Wildman–Crippen MR) is 101 cm³/mol. The van der Waals surface area contributed by atoms with Crippen LogP contribution < -0.4 is 15.4 Å². The number of ether oxygens (including phenoxy) is 1. The van der Waals surface area contributed by atoms with Gasteiger partial charge in [-0.25, -0.2) is 4.79 Å². The van der Waals surface area contributed by atoms with Crippen LogP contribution in [0.2, 0.25) is 0 Å². The number of nitrogens with zero attached hydrogens (tertiary/aromatic N) is 1. The number of hydrogen-bond acceptors (Lipinski definition) is 3. The normalized spacial score (nSPS) is 14.6. The lowest BCUT2D eigenvalue weighted by Gasteiger charge is -2.32. The summed E-state index contributed by atoms with van der Waals surface area (Å²) in [5, 5.41) is 5.79. The fourth-order valence-corrected chi connectivity index (χ4v) is 3.04. The van der Waals surface area contributed by atoms with E-state index >= 15 is 0 Å². The van der Waals surface area contributed by atoms with Gasteiger partial charge in [-0.15, -0.1) is 0 Å². The van der Waals surface area contributed by atoms with Crippen LogP contribution >= 0.6 is 0 Å². The van der Waals surface area contributed by atoms with Gasteiger partial charge in [-0.05, 0) is 43.2 Å². The highest BCUT2D eigenvalue weighted by atomic mass is 16.5. The first-order valence-corrected chi connectivity index (χ1v) is 8.71. The van der Waals surface area contributed by atoms with Crippen molar-refractivity contribution in [1.29, 1.82) is 0 Å². The third-order valence-electron chi connectivity index (χ3n) is 4.47. The molecule has 1 heterocycles. The number of methoxy groups -OCH3 is 1. The number of benzene rings is 2. The summed E-state index contributed by atoms with van der Waals surface area (Å²) < 4.78 is 5.18. The zero-order valence-electron chi connectivity index (χ0n) is 14.8. The van der Waals surface area contributed by atoms with Crippen LogP contribution in [0.5, 0.6) is 5.75 Å². The summed E-state index contributed by atoms with van der Waals surface area (Å²) >= 11 is 0. The van der Waals surface area contributed by atoms with Gasteiger partial charge in [0, 0.05) is 30.4 Å². The zero-order valence-corrected chi connectivity index (χ0v) is 14.8. The number of urea groups is 1. The van der Waals surface area contributed by atoms with Crippen molar-refractivity contribution >= 4 is 17.6 Å². The van der Waals surface area contributed by atoms with Gasteiger partial charge >= 0.3 is 6.03 Å². The smallest absolute Gasteiger partial charge is 0.319 e. The number of para-hydroxylation sites is 1. The number of likely N-dealkylation sites (tertiary alicyclic amines) is 1. The van der Waals surface area contributed by atoms with E-state index in [-0.39, 0.29) is 18.0 Å². The molecule has 2 N–H and O–H groups in total. The molecule has 2 aromatic rings. The lowest BCUT2D eigenvalue weighted by Crippen LogP contribution is -2.47. The second kappa shape index (κ2) is 8.38. The third kappa shape index (κ3) is 4.53. The number of nitrogens with one attached hydrogen (secondary N) is 2. The van der Waals surface area contributed by atoms with E-state index in [4.69, 9.17) is 4.74 Å². The molecule has 6 heteroatoms. The highest BCUT2D eigenvalue weighted by Crippen LogP contribution is 2.18. The summed E-state index contributed by atoms with van der Waals surface area (Å²) in [5.41, 5.74) is 1.38. The Hall–Kier alpha value is -3.02. The molecule has 1 saturated heterocycles. The van der Waals surface area contributed by atoms with Crippen molar-refractivity contribution in [3.63, 3.8) is 0 Å². The van der Waals surface area contributed by atoms with Gasteiger partial charge in [-0.2, -0.15) is 0 Å². The molecule has 0 bridgehead atoms. The van der Waals surface area contributed by atoms with Crippen molar-refractivity contribution in [1.82, 2.24) is 10.2 Å². The summed E-state index contributed by atoms with van der Waals surface area (Å²) in [6.07, 6.45) is 1.47. The molecule has 2 aromatic carbocycles. The maximum Gasteiger partial charge on any atom is 0.319 e. The Morgan fingerprint density at radius 2 is 1.77 bits per heavy atom. The number of anilines is 1. The van der Waals surface area contributed by atoms with Crippen LogP contribution in [-0.2, 0) is 0 Å². The molecule has 0 aliphatic carbocycles. The number of piperidine rings is 1. The Balaban J connectivity index is 1.49. The van der Waals surface area contributed by atoms with Crippen LogP contribution in [0, 0.1) is 0 Å². The molecule has 26 heavy (non-hydrogen) atoms. The van der Waals surface area contributed by atoms with E-state index in [1.807, 2.05) is 47.4 Å². The lowest BCUT2D eigenvalue weighted by atomic mass is 10.0. The van der Waals surface area contributed by atoms with Gasteiger partial charge in [0.2, 0.25) is 0 Å². The number of amides is 3. The molecule has 0 aromatic heterocycles. The first-order valence-electron chi connectivity index (χ1n) is 8.71. The van der Waals surface area contributed by atoms with Crippen LogP contribution in [0.3, 0.4) is 0 Å². The molecule has 1 fully saturated rings. The molecule has 3 rings (SSSR count).